The summed E-state index contributed by atoms with van der Waals surface area (Å²) >= 11 is 1.47. The number of hydrogen-bond donors (Lipinski definition) is 1. The van der Waals surface area contributed by atoms with Crippen LogP contribution in [0.3, 0.4) is 0 Å². The third kappa shape index (κ3) is 5.49. The van der Waals surface area contributed by atoms with E-state index < -0.39 is 0 Å². The average molecular weight is 381 g/mol. The van der Waals surface area contributed by atoms with E-state index in [4.69, 9.17) is 4.74 Å². The van der Waals surface area contributed by atoms with Gasteiger partial charge in [0.15, 0.2) is 0 Å². The Morgan fingerprint density at radius 3 is 2.48 bits per heavy atom. The Morgan fingerprint density at radius 1 is 1.04 bits per heavy atom. The molecule has 2 aromatic carbocycles. The van der Waals surface area contributed by atoms with E-state index in [9.17, 15) is 4.79 Å². The molecule has 0 radical (unpaired) electrons. The SMILES string of the molecule is CCc1nc(C)c(C(=O)NCc2cccc(COCc3ccccc3)c2)s1. The average Bonchev–Trinajstić information content (AvgIpc) is 3.08. The minimum atomic E-state index is -0.0598. The molecule has 0 fully saturated rings. The number of aromatic nitrogens is 1. The van der Waals surface area contributed by atoms with Crippen molar-refractivity contribution in [3.63, 3.8) is 0 Å². The summed E-state index contributed by atoms with van der Waals surface area (Å²) in [7, 11) is 0. The lowest BCUT2D eigenvalue weighted by molar-refractivity contribution is 0.0954. The van der Waals surface area contributed by atoms with Crippen molar-refractivity contribution in [2.45, 2.75) is 40.0 Å². The quantitative estimate of drug-likeness (QED) is 0.618. The highest BCUT2D eigenvalue weighted by Gasteiger charge is 2.14. The van der Waals surface area contributed by atoms with E-state index in [0.29, 0.717) is 24.6 Å². The summed E-state index contributed by atoms with van der Waals surface area (Å²) in [5.74, 6) is -0.0598. The molecule has 0 unspecified atom stereocenters. The van der Waals surface area contributed by atoms with Crippen LogP contribution in [-0.4, -0.2) is 10.9 Å². The van der Waals surface area contributed by atoms with Crippen LogP contribution in [-0.2, 0) is 30.9 Å². The number of carbonyl (C=O) groups excluding carboxylic acids is 1. The van der Waals surface area contributed by atoms with Crippen molar-refractivity contribution in [2.75, 3.05) is 0 Å². The fraction of sp³-hybridized carbons (Fsp3) is 0.273. The Balaban J connectivity index is 1.52. The van der Waals surface area contributed by atoms with E-state index >= 15 is 0 Å². The minimum Gasteiger partial charge on any atom is -0.372 e. The number of carbonyl (C=O) groups is 1. The van der Waals surface area contributed by atoms with E-state index in [-0.39, 0.29) is 5.91 Å². The summed E-state index contributed by atoms with van der Waals surface area (Å²) in [5, 5.41) is 3.99. The van der Waals surface area contributed by atoms with Crippen molar-refractivity contribution in [2.24, 2.45) is 0 Å². The lowest BCUT2D eigenvalue weighted by atomic mass is 10.1. The summed E-state index contributed by atoms with van der Waals surface area (Å²) in [6.07, 6.45) is 0.851. The van der Waals surface area contributed by atoms with Gasteiger partial charge in [-0.15, -0.1) is 11.3 Å². The zero-order chi connectivity index (χ0) is 19.1. The molecule has 0 saturated carbocycles. The molecule has 140 valence electrons. The molecule has 0 aliphatic rings. The zero-order valence-corrected chi connectivity index (χ0v) is 16.5. The van der Waals surface area contributed by atoms with Crippen molar-refractivity contribution in [3.05, 3.63) is 86.9 Å². The van der Waals surface area contributed by atoms with Crippen LogP contribution >= 0.6 is 11.3 Å². The van der Waals surface area contributed by atoms with Gasteiger partial charge in [0, 0.05) is 6.54 Å². The molecule has 1 heterocycles. The molecule has 3 aromatic rings. The number of amides is 1. The van der Waals surface area contributed by atoms with Crippen molar-refractivity contribution >= 4 is 17.2 Å². The third-order valence-electron chi connectivity index (χ3n) is 4.17. The molecule has 27 heavy (non-hydrogen) atoms. The van der Waals surface area contributed by atoms with Crippen molar-refractivity contribution in [1.29, 1.82) is 0 Å². The van der Waals surface area contributed by atoms with Gasteiger partial charge in [-0.2, -0.15) is 0 Å². The molecule has 1 amide bonds. The predicted molar refractivity (Wildman–Crippen MR) is 109 cm³/mol. The van der Waals surface area contributed by atoms with E-state index in [1.165, 1.54) is 11.3 Å². The Morgan fingerprint density at radius 2 is 1.74 bits per heavy atom. The zero-order valence-electron chi connectivity index (χ0n) is 15.7. The molecule has 1 N–H and O–H groups in total. The van der Waals surface area contributed by atoms with Gasteiger partial charge in [0.2, 0.25) is 0 Å². The lowest BCUT2D eigenvalue weighted by Crippen LogP contribution is -2.22. The van der Waals surface area contributed by atoms with Gasteiger partial charge in [-0.3, -0.25) is 4.79 Å². The number of aryl methyl sites for hydroxylation is 2. The van der Waals surface area contributed by atoms with E-state index in [1.807, 2.05) is 50.2 Å². The highest BCUT2D eigenvalue weighted by molar-refractivity contribution is 7.13. The monoisotopic (exact) mass is 380 g/mol. The fourth-order valence-corrected chi connectivity index (χ4v) is 3.69. The number of ether oxygens (including phenoxy) is 1. The van der Waals surface area contributed by atoms with Gasteiger partial charge >= 0.3 is 0 Å². The number of nitrogens with one attached hydrogen (secondary N) is 1. The first-order valence-electron chi connectivity index (χ1n) is 9.09. The lowest BCUT2D eigenvalue weighted by Gasteiger charge is -2.08. The summed E-state index contributed by atoms with van der Waals surface area (Å²) < 4.78 is 5.79. The number of thiazole rings is 1. The molecule has 0 bridgehead atoms. The van der Waals surface area contributed by atoms with Crippen LogP contribution in [0.15, 0.2) is 54.6 Å². The molecule has 0 saturated heterocycles. The molecule has 3 rings (SSSR count). The molecule has 0 aliphatic heterocycles. The maximum absolute atomic E-state index is 12.4. The largest absolute Gasteiger partial charge is 0.372 e. The molecule has 5 heteroatoms. The van der Waals surface area contributed by atoms with Gasteiger partial charge in [0.05, 0.1) is 23.9 Å². The van der Waals surface area contributed by atoms with Crippen molar-refractivity contribution in [1.82, 2.24) is 10.3 Å². The highest BCUT2D eigenvalue weighted by Crippen LogP contribution is 2.18. The standard InChI is InChI=1S/C22H24N2O2S/c1-3-20-24-16(2)21(27-20)22(25)23-13-18-10-7-11-19(12-18)15-26-14-17-8-5-4-6-9-17/h4-12H,3,13-15H2,1-2H3,(H,23,25). The van der Waals surface area contributed by atoms with Crippen LogP contribution in [0.4, 0.5) is 0 Å². The number of nitrogens with zero attached hydrogens (tertiary/aromatic N) is 1. The Bertz CT molecular complexity index is 890. The molecular weight excluding hydrogens is 356 g/mol. The smallest absolute Gasteiger partial charge is 0.263 e. The van der Waals surface area contributed by atoms with Gasteiger partial charge in [-0.25, -0.2) is 4.98 Å². The van der Waals surface area contributed by atoms with Crippen LogP contribution in [0.1, 0.15) is 44.0 Å². The second kappa shape index (κ2) is 9.44. The Labute approximate surface area is 164 Å². The van der Waals surface area contributed by atoms with Crippen molar-refractivity contribution < 1.29 is 9.53 Å². The van der Waals surface area contributed by atoms with Crippen molar-refractivity contribution in [3.8, 4) is 0 Å². The first-order valence-corrected chi connectivity index (χ1v) is 9.91. The summed E-state index contributed by atoms with van der Waals surface area (Å²) in [6.45, 7) is 5.56. The van der Waals surface area contributed by atoms with E-state index in [2.05, 4.69) is 28.5 Å². The van der Waals surface area contributed by atoms with Crippen LogP contribution < -0.4 is 5.32 Å². The van der Waals surface area contributed by atoms with Gasteiger partial charge < -0.3 is 10.1 Å². The molecule has 4 nitrogen and oxygen atoms in total. The number of hydrogen-bond acceptors (Lipinski definition) is 4. The van der Waals surface area contributed by atoms with Crippen LogP contribution in [0.25, 0.3) is 0 Å². The van der Waals surface area contributed by atoms with Gasteiger partial charge in [0.1, 0.15) is 4.88 Å². The number of rotatable bonds is 8. The first kappa shape index (κ1) is 19.3. The minimum absolute atomic E-state index is 0.0598. The summed E-state index contributed by atoms with van der Waals surface area (Å²) in [6, 6.07) is 18.2. The molecule has 1 aromatic heterocycles. The van der Waals surface area contributed by atoms with E-state index in [0.717, 1.165) is 33.8 Å². The van der Waals surface area contributed by atoms with Gasteiger partial charge in [0.25, 0.3) is 5.91 Å². The summed E-state index contributed by atoms with van der Waals surface area (Å²) in [5.41, 5.74) is 4.12. The Kier molecular flexibility index (Phi) is 6.74. The predicted octanol–water partition coefficient (Wildman–Crippen LogP) is 4.66. The van der Waals surface area contributed by atoms with Crippen LogP contribution in [0, 0.1) is 6.92 Å². The maximum atomic E-state index is 12.4. The number of benzene rings is 2. The topological polar surface area (TPSA) is 51.2 Å². The molecular formula is C22H24N2O2S. The van der Waals surface area contributed by atoms with Crippen LogP contribution in [0.2, 0.25) is 0 Å². The molecule has 0 spiro atoms. The third-order valence-corrected chi connectivity index (χ3v) is 5.47. The van der Waals surface area contributed by atoms with Gasteiger partial charge in [-0.05, 0) is 30.0 Å². The molecule has 0 atom stereocenters. The molecule has 0 aliphatic carbocycles. The maximum Gasteiger partial charge on any atom is 0.263 e. The normalized spacial score (nSPS) is 10.7. The highest BCUT2D eigenvalue weighted by atomic mass is 32.1. The van der Waals surface area contributed by atoms with E-state index in [1.54, 1.807) is 0 Å². The second-order valence-corrected chi connectivity index (χ2v) is 7.44. The Hall–Kier alpha value is -2.50. The van der Waals surface area contributed by atoms with Crippen LogP contribution in [0.5, 0.6) is 0 Å². The van der Waals surface area contributed by atoms with Gasteiger partial charge in [-0.1, -0.05) is 61.5 Å². The second-order valence-electron chi connectivity index (χ2n) is 6.36. The first-order chi connectivity index (χ1) is 13.2. The summed E-state index contributed by atoms with van der Waals surface area (Å²) in [4.78, 5) is 17.5. The fourth-order valence-electron chi connectivity index (χ4n) is 2.77.